The number of morpholine rings is 2. The number of azo groups is 2. The van der Waals surface area contributed by atoms with Gasteiger partial charge in [-0.1, -0.05) is 46.6 Å². The molecule has 7 N–H and O–H groups in total. The molecule has 3 aromatic heterocycles. The zero-order chi connectivity index (χ0) is 68.7. The minimum atomic E-state index is -4.60. The Morgan fingerprint density at radius 3 is 1.35 bits per heavy atom. The molecule has 2 aliphatic heterocycles. The second-order valence-corrected chi connectivity index (χ2v) is 26.9. The molecule has 5 heterocycles. The molecule has 35 heteroatoms. The number of thiazole rings is 2. The number of amides is 2. The molecule has 96 heavy (non-hydrogen) atoms. The van der Waals surface area contributed by atoms with Crippen molar-refractivity contribution in [3.63, 3.8) is 0 Å². The SMILES string of the molecule is CCN(CC)c1ccc(N=Nc2nc(N3CCOCC3)c(C=C(C(C)=O)C(=O)Nc3cccc(S(=O)(=O)O)c3)s2)c(Nc2nc(Nc3cc(N(CC)CC)ccc3N=Nc3nc(N4CCOCC4)c(C=C(C(C)=O)C(=O)Nc4cccc(S(=O)(=O)O)c4)s3)nc(SCCO)n2)c1. The molecule has 30 nitrogen and oxygen atoms in total. The molecule has 7 aromatic rings. The highest BCUT2D eigenvalue weighted by Gasteiger charge is 2.26. The number of aromatic nitrogens is 5. The number of aliphatic hydroxyl groups is 1. The maximum atomic E-state index is 13.7. The fraction of sp³-hybridized carbons (Fsp3) is 0.328. The van der Waals surface area contributed by atoms with E-state index in [1.165, 1.54) is 62.0 Å². The number of ether oxygens (including phenoxy) is 2. The van der Waals surface area contributed by atoms with Gasteiger partial charge in [-0.3, -0.25) is 28.3 Å². The Morgan fingerprint density at radius 1 is 0.583 bits per heavy atom. The van der Waals surface area contributed by atoms with Crippen molar-refractivity contribution < 1.29 is 59.7 Å². The van der Waals surface area contributed by atoms with Crippen molar-refractivity contribution in [2.24, 2.45) is 20.5 Å². The maximum absolute atomic E-state index is 13.7. The highest BCUT2D eigenvalue weighted by atomic mass is 32.2. The molecule has 0 bridgehead atoms. The van der Waals surface area contributed by atoms with E-state index >= 15 is 0 Å². The van der Waals surface area contributed by atoms with Crippen molar-refractivity contribution in [1.82, 2.24) is 24.9 Å². The molecule has 0 saturated carbocycles. The van der Waals surface area contributed by atoms with E-state index in [2.05, 4.69) is 41.3 Å². The molecule has 0 radical (unpaired) electrons. The summed E-state index contributed by atoms with van der Waals surface area (Å²) < 4.78 is 78.0. The zero-order valence-electron chi connectivity index (χ0n) is 52.9. The van der Waals surface area contributed by atoms with E-state index < -0.39 is 53.4 Å². The van der Waals surface area contributed by atoms with Crippen molar-refractivity contribution in [3.8, 4) is 0 Å². The fourth-order valence-corrected chi connectivity index (χ4v) is 13.1. The molecule has 0 atom stereocenters. The van der Waals surface area contributed by atoms with Crippen LogP contribution >= 0.6 is 34.4 Å². The van der Waals surface area contributed by atoms with Gasteiger partial charge in [0.15, 0.2) is 16.7 Å². The molecular weight excluding hydrogens is 1340 g/mol. The molecule has 0 aliphatic carbocycles. The van der Waals surface area contributed by atoms with Crippen LogP contribution in [0.2, 0.25) is 0 Å². The van der Waals surface area contributed by atoms with Crippen molar-refractivity contribution in [2.75, 3.05) is 132 Å². The largest absolute Gasteiger partial charge is 0.396 e. The standard InChI is InChI=1S/C61H69N17O13S5/c1-7-75(8-2)41-17-19-47(71-73-60-66-53(77-21-26-90-27-22-77)51(93-60)35-45(37(5)80)55(82)62-39-13-11-15-43(31-39)95(84,85)86)49(33-41)64-57-68-58(70-59(69-57)92-30-25-79)65-50-34-42(76(9-3)10-4)18-20-48(50)72-74-61-67-54(78-23-28-91-29-24-78)52(94-61)36-46(38(6)81)56(83)63-40-14-12-16-44(32-40)96(87,88)89/h11-20,31-36,79H,7-10,21-30H2,1-6H3,(H,62,82)(H,63,83)(H,84,85,86)(H,87,88,89)(H2,64,65,68,69,70). The van der Waals surface area contributed by atoms with Crippen LogP contribution in [-0.4, -0.2) is 170 Å². The van der Waals surface area contributed by atoms with Crippen molar-refractivity contribution in [3.05, 3.63) is 106 Å². The van der Waals surface area contributed by atoms with Gasteiger partial charge in [-0.2, -0.15) is 41.8 Å². The molecule has 2 amide bonds. The number of ketones is 2. The third-order valence-electron chi connectivity index (χ3n) is 14.6. The third kappa shape index (κ3) is 18.7. The number of nitrogens with one attached hydrogen (secondary N) is 4. The summed E-state index contributed by atoms with van der Waals surface area (Å²) >= 11 is 3.31. The van der Waals surface area contributed by atoms with E-state index in [1.54, 1.807) is 12.1 Å². The van der Waals surface area contributed by atoms with Crippen LogP contribution < -0.4 is 40.9 Å². The highest BCUT2D eigenvalue weighted by molar-refractivity contribution is 7.99. The van der Waals surface area contributed by atoms with E-state index in [0.29, 0.717) is 123 Å². The van der Waals surface area contributed by atoms with Gasteiger partial charge in [-0.05, 0) is 126 Å². The van der Waals surface area contributed by atoms with Crippen LogP contribution in [0.1, 0.15) is 51.3 Å². The number of thioether (sulfide) groups is 1. The van der Waals surface area contributed by atoms with Gasteiger partial charge in [-0.15, -0.1) is 20.5 Å². The number of benzene rings is 4. The Kier molecular flexibility index (Phi) is 24.2. The summed E-state index contributed by atoms with van der Waals surface area (Å²) in [5.74, 6) is -1.66. The Morgan fingerprint density at radius 2 is 0.990 bits per heavy atom. The minimum absolute atomic E-state index is 0.0212. The fourth-order valence-electron chi connectivity index (χ4n) is 9.78. The number of anilines is 10. The maximum Gasteiger partial charge on any atom is 0.294 e. The van der Waals surface area contributed by atoms with Crippen LogP contribution in [0.4, 0.5) is 79.3 Å². The number of aliphatic hydroxyl groups excluding tert-OH is 1. The summed E-state index contributed by atoms with van der Waals surface area (Å²) in [7, 11) is -9.20. The van der Waals surface area contributed by atoms with Gasteiger partial charge in [0, 0.05) is 80.9 Å². The van der Waals surface area contributed by atoms with Gasteiger partial charge < -0.3 is 55.4 Å². The van der Waals surface area contributed by atoms with Crippen molar-refractivity contribution in [1.29, 1.82) is 0 Å². The summed E-state index contributed by atoms with van der Waals surface area (Å²) in [6, 6.07) is 21.0. The first kappa shape index (κ1) is 71.3. The Labute approximate surface area is 565 Å². The van der Waals surface area contributed by atoms with Crippen molar-refractivity contribution in [2.45, 2.75) is 56.5 Å². The predicted molar refractivity (Wildman–Crippen MR) is 370 cm³/mol. The summed E-state index contributed by atoms with van der Waals surface area (Å²) in [6.45, 7) is 16.3. The Hall–Kier alpha value is -9.04. The molecule has 9 rings (SSSR count). The molecule has 2 fully saturated rings. The number of hydrogen-bond acceptors (Lipinski definition) is 29. The average molecular weight is 1410 g/mol. The van der Waals surface area contributed by atoms with Gasteiger partial charge >= 0.3 is 0 Å². The van der Waals surface area contributed by atoms with E-state index in [-0.39, 0.29) is 62.2 Å². The number of nitrogens with zero attached hydrogens (tertiary/aromatic N) is 13. The minimum Gasteiger partial charge on any atom is -0.396 e. The summed E-state index contributed by atoms with van der Waals surface area (Å²) in [6.07, 6.45) is 2.78. The molecule has 506 valence electrons. The number of rotatable bonds is 29. The zero-order valence-corrected chi connectivity index (χ0v) is 57.0. The first-order valence-electron chi connectivity index (χ1n) is 30.1. The van der Waals surface area contributed by atoms with Crippen molar-refractivity contribution >= 4 is 169 Å². The van der Waals surface area contributed by atoms with Crippen LogP contribution in [0.5, 0.6) is 0 Å². The molecule has 4 aromatic carbocycles. The number of hydrogen-bond donors (Lipinski definition) is 7. The van der Waals surface area contributed by atoms with Gasteiger partial charge in [0.1, 0.15) is 23.0 Å². The lowest BCUT2D eigenvalue weighted by atomic mass is 10.1. The average Bonchev–Trinajstić information content (AvgIpc) is 1.81. The molecule has 0 unspecified atom stereocenters. The van der Waals surface area contributed by atoms with E-state index in [1.807, 2.05) is 61.8 Å². The van der Waals surface area contributed by atoms with E-state index in [4.69, 9.17) is 44.6 Å². The second kappa shape index (κ2) is 32.6. The van der Waals surface area contributed by atoms with Crippen LogP contribution in [0.15, 0.2) is 131 Å². The number of Topliss-reactive ketones (excluding diaryl/α,β-unsaturated/α-hetero) is 2. The van der Waals surface area contributed by atoms with Gasteiger partial charge in [-0.25, -0.2) is 0 Å². The second-order valence-electron chi connectivity index (χ2n) is 20.9. The van der Waals surface area contributed by atoms with Crippen LogP contribution in [-0.2, 0) is 48.9 Å². The van der Waals surface area contributed by atoms with Gasteiger partial charge in [0.2, 0.25) is 22.2 Å². The lowest BCUT2D eigenvalue weighted by Gasteiger charge is -2.27. The van der Waals surface area contributed by atoms with E-state index in [9.17, 15) is 50.2 Å². The topological polar surface area (TPSA) is 391 Å². The molecular formula is C61H69N17O13S5. The summed E-state index contributed by atoms with van der Waals surface area (Å²) in [5.41, 5.74) is 2.67. The van der Waals surface area contributed by atoms with Gasteiger partial charge in [0.25, 0.3) is 32.1 Å². The smallest absolute Gasteiger partial charge is 0.294 e. The van der Waals surface area contributed by atoms with Crippen LogP contribution in [0.25, 0.3) is 12.2 Å². The monoisotopic (exact) mass is 1410 g/mol. The normalized spacial score (nSPS) is 14.1. The summed E-state index contributed by atoms with van der Waals surface area (Å²) in [4.78, 5) is 85.9. The Bertz CT molecular complexity index is 4110. The van der Waals surface area contributed by atoms with Crippen LogP contribution in [0, 0.1) is 0 Å². The lowest BCUT2D eigenvalue weighted by molar-refractivity contribution is -0.120. The third-order valence-corrected chi connectivity index (χ3v) is 18.9. The number of carbonyl (C=O) groups excluding carboxylic acids is 4. The molecule has 2 aliphatic rings. The molecule has 2 saturated heterocycles. The summed E-state index contributed by atoms with van der Waals surface area (Å²) in [5, 5.41) is 41.0. The van der Waals surface area contributed by atoms with Crippen LogP contribution in [0.3, 0.4) is 0 Å². The first-order chi connectivity index (χ1) is 46.0. The number of carbonyl (C=O) groups is 4. The first-order valence-corrected chi connectivity index (χ1v) is 35.6. The van der Waals surface area contributed by atoms with Gasteiger partial charge in [0.05, 0.1) is 75.1 Å². The van der Waals surface area contributed by atoms with E-state index in [0.717, 1.165) is 58.3 Å². The quantitative estimate of drug-likeness (QED) is 0.00572. The lowest BCUT2D eigenvalue weighted by Crippen LogP contribution is -2.36. The Balaban J connectivity index is 1.06. The predicted octanol–water partition coefficient (Wildman–Crippen LogP) is 10.3. The molecule has 0 spiro atoms. The highest BCUT2D eigenvalue weighted by Crippen LogP contribution is 2.41.